The van der Waals surface area contributed by atoms with E-state index < -0.39 is 5.60 Å². The van der Waals surface area contributed by atoms with Gasteiger partial charge in [0.25, 0.3) is 0 Å². The third-order valence-corrected chi connectivity index (χ3v) is 5.29. The summed E-state index contributed by atoms with van der Waals surface area (Å²) in [5, 5.41) is 13.6. The van der Waals surface area contributed by atoms with Crippen LogP contribution in [0.2, 0.25) is 0 Å². The van der Waals surface area contributed by atoms with Crippen LogP contribution in [0.4, 0.5) is 0 Å². The highest BCUT2D eigenvalue weighted by molar-refractivity contribution is 8.00. The van der Waals surface area contributed by atoms with Crippen molar-refractivity contribution in [3.63, 3.8) is 0 Å². The first-order valence-corrected chi connectivity index (χ1v) is 6.57. The minimum absolute atomic E-state index is 0.373. The molecular weight excluding hydrogens is 194 g/mol. The molecule has 2 aliphatic heterocycles. The Morgan fingerprint density at radius 1 is 1.50 bits per heavy atom. The van der Waals surface area contributed by atoms with Gasteiger partial charge in [0, 0.05) is 11.3 Å². The molecule has 2 fully saturated rings. The molecule has 2 aliphatic rings. The zero-order valence-electron chi connectivity index (χ0n) is 9.18. The van der Waals surface area contributed by atoms with Crippen LogP contribution in [-0.2, 0) is 0 Å². The molecule has 0 saturated carbocycles. The Labute approximate surface area is 90.8 Å². The van der Waals surface area contributed by atoms with Gasteiger partial charge >= 0.3 is 0 Å². The largest absolute Gasteiger partial charge is 0.389 e. The molecule has 2 unspecified atom stereocenters. The molecule has 0 radical (unpaired) electrons. The zero-order valence-corrected chi connectivity index (χ0v) is 9.99. The van der Waals surface area contributed by atoms with Crippen molar-refractivity contribution in [2.24, 2.45) is 5.92 Å². The molecule has 0 bridgehead atoms. The minimum Gasteiger partial charge on any atom is -0.389 e. The Hall–Kier alpha value is 0.270. The van der Waals surface area contributed by atoms with Crippen molar-refractivity contribution >= 4 is 11.8 Å². The Morgan fingerprint density at radius 2 is 2.29 bits per heavy atom. The topological polar surface area (TPSA) is 32.3 Å². The quantitative estimate of drug-likeness (QED) is 0.734. The average molecular weight is 215 g/mol. The molecule has 0 amide bonds. The number of hydrogen-bond donors (Lipinski definition) is 2. The summed E-state index contributed by atoms with van der Waals surface area (Å²) in [6.07, 6.45) is 3.20. The monoisotopic (exact) mass is 215 g/mol. The molecule has 14 heavy (non-hydrogen) atoms. The first kappa shape index (κ1) is 10.8. The second-order valence-electron chi connectivity index (χ2n) is 5.29. The van der Waals surface area contributed by atoms with Gasteiger partial charge in [-0.15, -0.1) is 0 Å². The van der Waals surface area contributed by atoms with Crippen LogP contribution in [0.3, 0.4) is 0 Å². The van der Waals surface area contributed by atoms with Crippen LogP contribution in [-0.4, -0.2) is 34.3 Å². The molecule has 0 aliphatic carbocycles. The van der Waals surface area contributed by atoms with Gasteiger partial charge < -0.3 is 10.4 Å². The zero-order chi connectivity index (χ0) is 10.2. The number of rotatable bonds is 2. The lowest BCUT2D eigenvalue weighted by molar-refractivity contribution is 0.0311. The second kappa shape index (κ2) is 3.69. The van der Waals surface area contributed by atoms with Gasteiger partial charge in [-0.05, 0) is 37.5 Å². The molecule has 82 valence electrons. The lowest BCUT2D eigenvalue weighted by Gasteiger charge is -2.32. The molecule has 0 aromatic carbocycles. The van der Waals surface area contributed by atoms with E-state index in [1.807, 2.05) is 0 Å². The summed E-state index contributed by atoms with van der Waals surface area (Å²) >= 11 is 2.06. The maximum atomic E-state index is 10.3. The summed E-state index contributed by atoms with van der Waals surface area (Å²) in [6, 6.07) is 0. The van der Waals surface area contributed by atoms with E-state index in [-0.39, 0.29) is 0 Å². The Morgan fingerprint density at radius 3 is 2.79 bits per heavy atom. The van der Waals surface area contributed by atoms with Crippen molar-refractivity contribution in [2.45, 2.75) is 43.5 Å². The first-order valence-electron chi connectivity index (χ1n) is 5.59. The highest BCUT2D eigenvalue weighted by Gasteiger charge is 2.42. The van der Waals surface area contributed by atoms with Gasteiger partial charge in [0.2, 0.25) is 0 Å². The summed E-state index contributed by atoms with van der Waals surface area (Å²) in [4.78, 5) is 0. The molecular formula is C11H21NOS. The number of thioether (sulfide) groups is 1. The fourth-order valence-electron chi connectivity index (χ4n) is 2.64. The van der Waals surface area contributed by atoms with Gasteiger partial charge in [-0.2, -0.15) is 11.8 Å². The van der Waals surface area contributed by atoms with Crippen molar-refractivity contribution in [3.05, 3.63) is 0 Å². The summed E-state index contributed by atoms with van der Waals surface area (Å²) < 4.78 is 0.373. The Balaban J connectivity index is 1.96. The number of nitrogens with one attached hydrogen (secondary N) is 1. The lowest BCUT2D eigenvalue weighted by Crippen LogP contribution is -2.37. The van der Waals surface area contributed by atoms with Crippen molar-refractivity contribution in [1.29, 1.82) is 0 Å². The lowest BCUT2D eigenvalue weighted by atomic mass is 9.81. The van der Waals surface area contributed by atoms with Gasteiger partial charge in [0.15, 0.2) is 0 Å². The third kappa shape index (κ3) is 2.10. The van der Waals surface area contributed by atoms with Gasteiger partial charge in [-0.25, -0.2) is 0 Å². The van der Waals surface area contributed by atoms with E-state index in [1.165, 1.54) is 12.2 Å². The van der Waals surface area contributed by atoms with Crippen LogP contribution < -0.4 is 5.32 Å². The molecule has 2 heterocycles. The molecule has 0 aromatic heterocycles. The predicted molar refractivity (Wildman–Crippen MR) is 61.7 cm³/mol. The van der Waals surface area contributed by atoms with E-state index in [1.54, 1.807) is 0 Å². The molecule has 2 atom stereocenters. The predicted octanol–water partition coefficient (Wildman–Crippen LogP) is 1.63. The molecule has 0 spiro atoms. The molecule has 0 aromatic rings. The van der Waals surface area contributed by atoms with E-state index in [9.17, 15) is 5.11 Å². The summed E-state index contributed by atoms with van der Waals surface area (Å²) in [6.45, 7) is 6.42. The molecule has 2 saturated heterocycles. The van der Waals surface area contributed by atoms with Crippen LogP contribution >= 0.6 is 11.8 Å². The molecule has 3 heteroatoms. The van der Waals surface area contributed by atoms with Gasteiger partial charge in [0.05, 0.1) is 5.60 Å². The van der Waals surface area contributed by atoms with Gasteiger partial charge in [-0.1, -0.05) is 13.8 Å². The van der Waals surface area contributed by atoms with Crippen LogP contribution in [0.25, 0.3) is 0 Å². The molecule has 2 N–H and O–H groups in total. The van der Waals surface area contributed by atoms with E-state index >= 15 is 0 Å². The van der Waals surface area contributed by atoms with E-state index in [4.69, 9.17) is 0 Å². The minimum atomic E-state index is -0.410. The smallest absolute Gasteiger partial charge is 0.0786 e. The standard InChI is InChI=1S/C11H21NOS/c1-10(2)9(3-6-14-10)7-11(13)4-5-12-8-11/h9,12-13H,3-8H2,1-2H3. The highest BCUT2D eigenvalue weighted by atomic mass is 32.2. The number of β-amino-alcohol motifs (C(OH)–C–C–N with tert-alkyl or cyclic N) is 1. The second-order valence-corrected chi connectivity index (χ2v) is 7.04. The average Bonchev–Trinajstić information content (AvgIpc) is 2.61. The summed E-state index contributed by atoms with van der Waals surface area (Å²) in [5.74, 6) is 1.96. The maximum Gasteiger partial charge on any atom is 0.0786 e. The van der Waals surface area contributed by atoms with Crippen molar-refractivity contribution in [1.82, 2.24) is 5.32 Å². The first-order chi connectivity index (χ1) is 6.52. The number of hydrogen-bond acceptors (Lipinski definition) is 3. The summed E-state index contributed by atoms with van der Waals surface area (Å²) in [5.41, 5.74) is -0.410. The molecule has 2 nitrogen and oxygen atoms in total. The van der Waals surface area contributed by atoms with Gasteiger partial charge in [-0.3, -0.25) is 0 Å². The van der Waals surface area contributed by atoms with Crippen LogP contribution in [0.15, 0.2) is 0 Å². The fourth-order valence-corrected chi connectivity index (χ4v) is 4.01. The van der Waals surface area contributed by atoms with Crippen molar-refractivity contribution < 1.29 is 5.11 Å². The van der Waals surface area contributed by atoms with E-state index in [2.05, 4.69) is 30.9 Å². The van der Waals surface area contributed by atoms with Crippen LogP contribution in [0, 0.1) is 5.92 Å². The van der Waals surface area contributed by atoms with Crippen LogP contribution in [0.5, 0.6) is 0 Å². The van der Waals surface area contributed by atoms with Crippen LogP contribution in [0.1, 0.15) is 33.1 Å². The summed E-state index contributed by atoms with van der Waals surface area (Å²) in [7, 11) is 0. The Bertz CT molecular complexity index is 211. The SMILES string of the molecule is CC1(C)SCCC1CC1(O)CCNC1. The fraction of sp³-hybridized carbons (Fsp3) is 1.00. The Kier molecular flexibility index (Phi) is 2.84. The van der Waals surface area contributed by atoms with Crippen molar-refractivity contribution in [2.75, 3.05) is 18.8 Å². The maximum absolute atomic E-state index is 10.3. The normalized spacial score (nSPS) is 41.8. The highest BCUT2D eigenvalue weighted by Crippen LogP contribution is 2.46. The number of aliphatic hydroxyl groups is 1. The van der Waals surface area contributed by atoms with Gasteiger partial charge in [0.1, 0.15) is 0 Å². The van der Waals surface area contributed by atoms with Crippen molar-refractivity contribution in [3.8, 4) is 0 Å². The molecule has 2 rings (SSSR count). The third-order valence-electron chi connectivity index (χ3n) is 3.77. The van der Waals surface area contributed by atoms with E-state index in [0.29, 0.717) is 10.7 Å². The van der Waals surface area contributed by atoms with E-state index in [0.717, 1.165) is 25.9 Å².